The minimum atomic E-state index is 0.381. The van der Waals surface area contributed by atoms with E-state index in [4.69, 9.17) is 10.5 Å². The van der Waals surface area contributed by atoms with Gasteiger partial charge in [-0.1, -0.05) is 18.7 Å². The van der Waals surface area contributed by atoms with Gasteiger partial charge in [0.25, 0.3) is 0 Å². The first-order chi connectivity index (χ1) is 10.0. The van der Waals surface area contributed by atoms with E-state index in [1.807, 2.05) is 0 Å². The lowest BCUT2D eigenvalue weighted by atomic mass is 9.94. The quantitative estimate of drug-likeness (QED) is 0.844. The second kappa shape index (κ2) is 7.10. The van der Waals surface area contributed by atoms with E-state index < -0.39 is 0 Å². The molecule has 0 bridgehead atoms. The third kappa shape index (κ3) is 3.66. The monoisotopic (exact) mass is 288 g/mol. The molecule has 3 nitrogen and oxygen atoms in total. The van der Waals surface area contributed by atoms with Gasteiger partial charge in [-0.15, -0.1) is 0 Å². The van der Waals surface area contributed by atoms with Crippen LogP contribution in [-0.2, 0) is 0 Å². The molecule has 1 heterocycles. The first-order valence-electron chi connectivity index (χ1n) is 7.88. The zero-order chi connectivity index (χ0) is 15.4. The molecule has 0 saturated carbocycles. The molecule has 0 aromatic heterocycles. The van der Waals surface area contributed by atoms with E-state index in [1.165, 1.54) is 16.7 Å². The van der Waals surface area contributed by atoms with Crippen molar-refractivity contribution in [3.8, 4) is 5.75 Å². The molecule has 3 heteroatoms. The molecule has 1 unspecified atom stereocenters. The number of hydrogen-bond acceptors (Lipinski definition) is 3. The molecule has 1 aliphatic heterocycles. The summed E-state index contributed by atoms with van der Waals surface area (Å²) in [7, 11) is 0. The first kappa shape index (κ1) is 16.1. The van der Waals surface area contributed by atoms with Crippen LogP contribution < -0.4 is 10.5 Å². The van der Waals surface area contributed by atoms with Crippen LogP contribution in [0.4, 0.5) is 0 Å². The number of rotatable bonds is 5. The van der Waals surface area contributed by atoms with Gasteiger partial charge in [-0.25, -0.2) is 0 Å². The van der Waals surface area contributed by atoms with Gasteiger partial charge in [0.05, 0.1) is 0 Å². The van der Waals surface area contributed by atoms with Crippen LogP contribution in [0.5, 0.6) is 5.75 Å². The highest BCUT2D eigenvalue weighted by molar-refractivity contribution is 5.44. The summed E-state index contributed by atoms with van der Waals surface area (Å²) in [6.07, 6.45) is 3.98. The Labute approximate surface area is 128 Å². The highest BCUT2D eigenvalue weighted by atomic mass is 16.5. The van der Waals surface area contributed by atoms with Gasteiger partial charge in [0.2, 0.25) is 0 Å². The highest BCUT2D eigenvalue weighted by Gasteiger charge is 2.23. The van der Waals surface area contributed by atoms with Crippen molar-refractivity contribution in [2.75, 3.05) is 19.7 Å². The highest BCUT2D eigenvalue weighted by Crippen LogP contribution is 2.31. The van der Waals surface area contributed by atoms with Gasteiger partial charge < -0.3 is 10.5 Å². The van der Waals surface area contributed by atoms with Crippen LogP contribution in [0.3, 0.4) is 0 Å². The van der Waals surface area contributed by atoms with Crippen molar-refractivity contribution in [2.45, 2.75) is 45.7 Å². The van der Waals surface area contributed by atoms with Gasteiger partial charge in [-0.2, -0.15) is 0 Å². The fraction of sp³-hybridized carbons (Fsp3) is 0.556. The van der Waals surface area contributed by atoms with Crippen LogP contribution in [0.2, 0.25) is 0 Å². The Bertz CT molecular complexity index is 490. The summed E-state index contributed by atoms with van der Waals surface area (Å²) in [6.45, 7) is 13.1. The Morgan fingerprint density at radius 1 is 1.33 bits per heavy atom. The lowest BCUT2D eigenvalue weighted by molar-refractivity contribution is 0.163. The molecule has 0 amide bonds. The normalized spacial score (nSPS) is 18.5. The summed E-state index contributed by atoms with van der Waals surface area (Å²) >= 11 is 0. The Hall–Kier alpha value is -1.32. The predicted molar refractivity (Wildman–Crippen MR) is 88.8 cm³/mol. The molecular weight excluding hydrogens is 260 g/mol. The van der Waals surface area contributed by atoms with E-state index in [0.29, 0.717) is 18.7 Å². The van der Waals surface area contributed by atoms with Crippen LogP contribution in [0.15, 0.2) is 24.8 Å². The largest absolute Gasteiger partial charge is 0.489 e. The van der Waals surface area contributed by atoms with Crippen molar-refractivity contribution < 1.29 is 4.74 Å². The van der Waals surface area contributed by atoms with Crippen LogP contribution in [0.25, 0.3) is 0 Å². The molecule has 0 radical (unpaired) electrons. The topological polar surface area (TPSA) is 38.5 Å². The molecule has 1 aromatic rings. The van der Waals surface area contributed by atoms with E-state index in [1.54, 1.807) is 6.08 Å². The fourth-order valence-electron chi connectivity index (χ4n) is 3.08. The number of piperidine rings is 1. The summed E-state index contributed by atoms with van der Waals surface area (Å²) in [5.74, 6) is 0.962. The molecule has 2 rings (SSSR count). The maximum Gasteiger partial charge on any atom is 0.122 e. The van der Waals surface area contributed by atoms with Gasteiger partial charge in [0.1, 0.15) is 12.4 Å². The Balaban J connectivity index is 2.16. The maximum atomic E-state index is 6.00. The van der Waals surface area contributed by atoms with Gasteiger partial charge in [-0.05, 0) is 56.4 Å². The number of nitrogens with zero attached hydrogens (tertiary/aromatic N) is 1. The SMILES string of the molecule is C=CCOc1ccc(C(C)N2CCC(N)CC2)c(C)c1C. The molecule has 116 valence electrons. The molecule has 0 aliphatic carbocycles. The van der Waals surface area contributed by atoms with Gasteiger partial charge >= 0.3 is 0 Å². The Kier molecular flexibility index (Phi) is 5.43. The van der Waals surface area contributed by atoms with E-state index in [9.17, 15) is 0 Å². The standard InChI is InChI=1S/C18H28N2O/c1-5-12-21-18-7-6-17(13(2)14(18)3)15(4)20-10-8-16(19)9-11-20/h5-7,15-16H,1,8-12,19H2,2-4H3. The van der Waals surface area contributed by atoms with E-state index >= 15 is 0 Å². The van der Waals surface area contributed by atoms with E-state index in [2.05, 4.69) is 44.4 Å². The third-order valence-corrected chi connectivity index (χ3v) is 4.71. The molecular formula is C18H28N2O. The number of hydrogen-bond donors (Lipinski definition) is 1. The number of likely N-dealkylation sites (tertiary alicyclic amines) is 1. The van der Waals surface area contributed by atoms with Gasteiger partial charge in [0.15, 0.2) is 0 Å². The Morgan fingerprint density at radius 2 is 2.00 bits per heavy atom. The molecule has 1 saturated heterocycles. The van der Waals surface area contributed by atoms with Crippen LogP contribution in [0.1, 0.15) is 42.5 Å². The first-order valence-corrected chi connectivity index (χ1v) is 7.88. The van der Waals surface area contributed by atoms with E-state index in [-0.39, 0.29) is 0 Å². The smallest absolute Gasteiger partial charge is 0.122 e. The molecule has 1 atom stereocenters. The Morgan fingerprint density at radius 3 is 2.62 bits per heavy atom. The van der Waals surface area contributed by atoms with Crippen molar-refractivity contribution in [1.29, 1.82) is 0 Å². The minimum absolute atomic E-state index is 0.381. The summed E-state index contributed by atoms with van der Waals surface area (Å²) < 4.78 is 5.71. The molecule has 2 N–H and O–H groups in total. The second-order valence-electron chi connectivity index (χ2n) is 6.05. The minimum Gasteiger partial charge on any atom is -0.489 e. The van der Waals surface area contributed by atoms with Crippen LogP contribution >= 0.6 is 0 Å². The fourth-order valence-corrected chi connectivity index (χ4v) is 3.08. The third-order valence-electron chi connectivity index (χ3n) is 4.71. The van der Waals surface area contributed by atoms with Crippen LogP contribution in [0, 0.1) is 13.8 Å². The van der Waals surface area contributed by atoms with E-state index in [0.717, 1.165) is 31.7 Å². The van der Waals surface area contributed by atoms with Crippen molar-refractivity contribution in [3.63, 3.8) is 0 Å². The molecule has 1 fully saturated rings. The molecule has 1 aliphatic rings. The second-order valence-corrected chi connectivity index (χ2v) is 6.05. The van der Waals surface area contributed by atoms with Crippen molar-refractivity contribution >= 4 is 0 Å². The number of benzene rings is 1. The lowest BCUT2D eigenvalue weighted by Crippen LogP contribution is -2.41. The maximum absolute atomic E-state index is 6.00. The van der Waals surface area contributed by atoms with Gasteiger partial charge in [-0.3, -0.25) is 4.90 Å². The van der Waals surface area contributed by atoms with Crippen molar-refractivity contribution in [3.05, 3.63) is 41.5 Å². The van der Waals surface area contributed by atoms with Crippen molar-refractivity contribution in [2.24, 2.45) is 5.73 Å². The van der Waals surface area contributed by atoms with Gasteiger partial charge in [0, 0.05) is 25.2 Å². The zero-order valence-electron chi connectivity index (χ0n) is 13.6. The average molecular weight is 288 g/mol. The summed E-state index contributed by atoms with van der Waals surface area (Å²) in [4.78, 5) is 2.54. The zero-order valence-corrected chi connectivity index (χ0v) is 13.6. The average Bonchev–Trinajstić information content (AvgIpc) is 2.49. The molecule has 0 spiro atoms. The summed E-state index contributed by atoms with van der Waals surface area (Å²) in [5.41, 5.74) is 9.97. The summed E-state index contributed by atoms with van der Waals surface area (Å²) in [6, 6.07) is 5.11. The number of ether oxygens (including phenoxy) is 1. The summed E-state index contributed by atoms with van der Waals surface area (Å²) in [5, 5.41) is 0. The molecule has 1 aromatic carbocycles. The lowest BCUT2D eigenvalue weighted by Gasteiger charge is -2.36. The number of nitrogens with two attached hydrogens (primary N) is 1. The molecule has 21 heavy (non-hydrogen) atoms. The van der Waals surface area contributed by atoms with Crippen LogP contribution in [-0.4, -0.2) is 30.6 Å². The predicted octanol–water partition coefficient (Wildman–Crippen LogP) is 3.35. The van der Waals surface area contributed by atoms with Crippen molar-refractivity contribution in [1.82, 2.24) is 4.90 Å².